The van der Waals surface area contributed by atoms with E-state index in [0.717, 1.165) is 43.2 Å². The van der Waals surface area contributed by atoms with Crippen molar-refractivity contribution in [2.45, 2.75) is 0 Å². The fraction of sp³-hybridized carbons (Fsp3) is 0.400. The number of morpholine rings is 1. The number of pyridine rings is 1. The molecule has 3 rings (SSSR count). The Morgan fingerprint density at radius 3 is 2.93 bits per heavy atom. The highest BCUT2D eigenvalue weighted by Gasteiger charge is 2.12. The number of ether oxygens (including phenoxy) is 1. The van der Waals surface area contributed by atoms with E-state index in [1.807, 2.05) is 18.3 Å². The lowest BCUT2D eigenvalue weighted by Gasteiger charge is -2.27. The molecule has 0 aliphatic carbocycles. The van der Waals surface area contributed by atoms with Crippen molar-refractivity contribution in [1.29, 1.82) is 0 Å². The molecule has 2 aromatic heterocycles. The zero-order valence-corrected chi connectivity index (χ0v) is 8.31. The van der Waals surface area contributed by atoms with E-state index in [9.17, 15) is 0 Å². The van der Waals surface area contributed by atoms with Crippen LogP contribution in [0.4, 0.5) is 5.82 Å². The van der Waals surface area contributed by atoms with Gasteiger partial charge in [-0.2, -0.15) is 5.10 Å². The number of nitrogens with zero attached hydrogens (tertiary/aromatic N) is 3. The molecular weight excluding hydrogens is 192 g/mol. The minimum atomic E-state index is 0.783. The molecule has 2 aromatic rings. The third-order valence-electron chi connectivity index (χ3n) is 2.61. The third-order valence-corrected chi connectivity index (χ3v) is 2.61. The molecule has 0 unspecified atom stereocenters. The fourth-order valence-electron chi connectivity index (χ4n) is 1.79. The van der Waals surface area contributed by atoms with Crippen LogP contribution >= 0.6 is 0 Å². The summed E-state index contributed by atoms with van der Waals surface area (Å²) < 4.78 is 5.31. The summed E-state index contributed by atoms with van der Waals surface area (Å²) in [6, 6.07) is 4.00. The predicted molar refractivity (Wildman–Crippen MR) is 56.9 cm³/mol. The average molecular weight is 204 g/mol. The molecule has 1 saturated heterocycles. The second kappa shape index (κ2) is 3.51. The Morgan fingerprint density at radius 2 is 2.07 bits per heavy atom. The number of H-pyrrole nitrogens is 1. The Labute approximate surface area is 87.1 Å². The Bertz CT molecular complexity index is 461. The van der Waals surface area contributed by atoms with Gasteiger partial charge < -0.3 is 9.64 Å². The molecule has 0 spiro atoms. The van der Waals surface area contributed by atoms with Gasteiger partial charge in [0, 0.05) is 19.3 Å². The van der Waals surface area contributed by atoms with Crippen molar-refractivity contribution in [3.63, 3.8) is 0 Å². The van der Waals surface area contributed by atoms with E-state index in [1.165, 1.54) is 0 Å². The van der Waals surface area contributed by atoms with Crippen LogP contribution in [0.3, 0.4) is 0 Å². The first-order chi connectivity index (χ1) is 7.43. The summed E-state index contributed by atoms with van der Waals surface area (Å²) in [5, 5.41) is 6.89. The van der Waals surface area contributed by atoms with Gasteiger partial charge in [-0.3, -0.25) is 5.10 Å². The Morgan fingerprint density at radius 1 is 1.20 bits per heavy atom. The predicted octanol–water partition coefficient (Wildman–Crippen LogP) is 0.794. The van der Waals surface area contributed by atoms with Gasteiger partial charge in [0.05, 0.1) is 13.2 Å². The lowest BCUT2D eigenvalue weighted by Crippen LogP contribution is -2.36. The fourth-order valence-corrected chi connectivity index (χ4v) is 1.79. The van der Waals surface area contributed by atoms with Crippen LogP contribution in [0.25, 0.3) is 11.0 Å². The number of hydrogen-bond donors (Lipinski definition) is 1. The first-order valence-corrected chi connectivity index (χ1v) is 5.07. The van der Waals surface area contributed by atoms with E-state index in [2.05, 4.69) is 20.1 Å². The lowest BCUT2D eigenvalue weighted by molar-refractivity contribution is 0.122. The number of fused-ring (bicyclic) bond motifs is 1. The lowest BCUT2D eigenvalue weighted by atomic mass is 10.3. The minimum Gasteiger partial charge on any atom is -0.378 e. The van der Waals surface area contributed by atoms with Crippen LogP contribution in [0.2, 0.25) is 0 Å². The molecule has 1 aliphatic rings. The number of anilines is 1. The van der Waals surface area contributed by atoms with Crippen molar-refractivity contribution < 1.29 is 4.74 Å². The molecule has 0 bridgehead atoms. The van der Waals surface area contributed by atoms with Gasteiger partial charge in [0.25, 0.3) is 0 Å². The normalized spacial score (nSPS) is 17.2. The smallest absolute Gasteiger partial charge is 0.129 e. The quantitative estimate of drug-likeness (QED) is 0.746. The molecule has 15 heavy (non-hydrogen) atoms. The standard InChI is InChI=1S/C10H12N4O/c1-2-10(14-3-5-15-6-4-14)12-9-7-11-13-8(1)9/h1-2,7H,3-6H2,(H,11,13). The maximum Gasteiger partial charge on any atom is 0.129 e. The van der Waals surface area contributed by atoms with Crippen LogP contribution in [-0.4, -0.2) is 41.5 Å². The summed E-state index contributed by atoms with van der Waals surface area (Å²) in [6.45, 7) is 3.39. The second-order valence-corrected chi connectivity index (χ2v) is 3.56. The van der Waals surface area contributed by atoms with E-state index in [0.29, 0.717) is 0 Å². The molecule has 0 amide bonds. The summed E-state index contributed by atoms with van der Waals surface area (Å²) in [4.78, 5) is 6.77. The molecular formula is C10H12N4O. The monoisotopic (exact) mass is 204 g/mol. The highest BCUT2D eigenvalue weighted by molar-refractivity contribution is 5.75. The number of aromatic amines is 1. The van der Waals surface area contributed by atoms with E-state index in [4.69, 9.17) is 4.74 Å². The molecule has 0 saturated carbocycles. The highest BCUT2D eigenvalue weighted by atomic mass is 16.5. The molecule has 3 heterocycles. The Hall–Kier alpha value is -1.62. The van der Waals surface area contributed by atoms with Crippen molar-refractivity contribution in [1.82, 2.24) is 15.2 Å². The molecule has 0 aromatic carbocycles. The molecule has 1 N–H and O–H groups in total. The minimum absolute atomic E-state index is 0.783. The summed E-state index contributed by atoms with van der Waals surface area (Å²) in [5.41, 5.74) is 1.83. The van der Waals surface area contributed by atoms with Crippen molar-refractivity contribution in [2.24, 2.45) is 0 Å². The maximum absolute atomic E-state index is 5.31. The zero-order chi connectivity index (χ0) is 10.1. The molecule has 0 radical (unpaired) electrons. The van der Waals surface area contributed by atoms with Crippen molar-refractivity contribution in [3.05, 3.63) is 18.3 Å². The van der Waals surface area contributed by atoms with Gasteiger partial charge in [-0.25, -0.2) is 4.98 Å². The van der Waals surface area contributed by atoms with E-state index in [-0.39, 0.29) is 0 Å². The maximum atomic E-state index is 5.31. The second-order valence-electron chi connectivity index (χ2n) is 3.56. The first kappa shape index (κ1) is 8.67. The molecule has 0 atom stereocenters. The summed E-state index contributed by atoms with van der Waals surface area (Å²) in [6.07, 6.45) is 1.82. The first-order valence-electron chi connectivity index (χ1n) is 5.07. The molecule has 5 nitrogen and oxygen atoms in total. The van der Waals surface area contributed by atoms with Gasteiger partial charge in [0.1, 0.15) is 16.9 Å². The van der Waals surface area contributed by atoms with Gasteiger partial charge in [0.15, 0.2) is 0 Å². The van der Waals surface area contributed by atoms with Gasteiger partial charge in [-0.1, -0.05) is 0 Å². The topological polar surface area (TPSA) is 54.0 Å². The largest absolute Gasteiger partial charge is 0.378 e. The van der Waals surface area contributed by atoms with Crippen LogP contribution < -0.4 is 4.90 Å². The van der Waals surface area contributed by atoms with Crippen molar-refractivity contribution >= 4 is 16.9 Å². The van der Waals surface area contributed by atoms with Crippen molar-refractivity contribution in [3.8, 4) is 0 Å². The van der Waals surface area contributed by atoms with Crippen LogP contribution in [0.15, 0.2) is 18.3 Å². The van der Waals surface area contributed by atoms with Crippen LogP contribution in [-0.2, 0) is 4.74 Å². The number of hydrogen-bond acceptors (Lipinski definition) is 4. The summed E-state index contributed by atoms with van der Waals surface area (Å²) >= 11 is 0. The van der Waals surface area contributed by atoms with Crippen molar-refractivity contribution in [2.75, 3.05) is 31.2 Å². The van der Waals surface area contributed by atoms with Gasteiger partial charge in [0.2, 0.25) is 0 Å². The third kappa shape index (κ3) is 1.55. The zero-order valence-electron chi connectivity index (χ0n) is 8.31. The summed E-state index contributed by atoms with van der Waals surface area (Å²) in [7, 11) is 0. The van der Waals surface area contributed by atoms with Gasteiger partial charge in [-0.15, -0.1) is 0 Å². The summed E-state index contributed by atoms with van der Waals surface area (Å²) in [5.74, 6) is 1.01. The highest BCUT2D eigenvalue weighted by Crippen LogP contribution is 2.16. The Balaban J connectivity index is 1.95. The average Bonchev–Trinajstić information content (AvgIpc) is 2.77. The van der Waals surface area contributed by atoms with E-state index in [1.54, 1.807) is 0 Å². The van der Waals surface area contributed by atoms with E-state index < -0.39 is 0 Å². The molecule has 78 valence electrons. The number of nitrogens with one attached hydrogen (secondary N) is 1. The van der Waals surface area contributed by atoms with Gasteiger partial charge in [-0.05, 0) is 12.1 Å². The molecule has 5 heteroatoms. The molecule has 1 aliphatic heterocycles. The van der Waals surface area contributed by atoms with Crippen LogP contribution in [0, 0.1) is 0 Å². The SMILES string of the molecule is c1cc2n[nH]cc2nc1N1CCOCC1. The van der Waals surface area contributed by atoms with E-state index >= 15 is 0 Å². The van der Waals surface area contributed by atoms with Crippen LogP contribution in [0.1, 0.15) is 0 Å². The molecule has 1 fully saturated rings. The number of aromatic nitrogens is 3. The Kier molecular flexibility index (Phi) is 2.03. The number of rotatable bonds is 1. The van der Waals surface area contributed by atoms with Gasteiger partial charge >= 0.3 is 0 Å². The van der Waals surface area contributed by atoms with Crippen LogP contribution in [0.5, 0.6) is 0 Å².